The SMILES string of the molecule is O=S(=O)(CC1CCCC1)NC1CCC(O)CC1. The number of sulfonamides is 1. The van der Waals surface area contributed by atoms with Gasteiger partial charge in [-0.05, 0) is 44.4 Å². The van der Waals surface area contributed by atoms with Crippen LogP contribution in [0.2, 0.25) is 0 Å². The Bertz CT molecular complexity index is 328. The van der Waals surface area contributed by atoms with E-state index in [9.17, 15) is 13.5 Å². The van der Waals surface area contributed by atoms with Crippen LogP contribution < -0.4 is 4.72 Å². The van der Waals surface area contributed by atoms with Crippen LogP contribution >= 0.6 is 0 Å². The summed E-state index contributed by atoms with van der Waals surface area (Å²) in [6.07, 6.45) is 7.22. The summed E-state index contributed by atoms with van der Waals surface area (Å²) in [4.78, 5) is 0. The Hall–Kier alpha value is -0.130. The molecule has 0 aliphatic heterocycles. The van der Waals surface area contributed by atoms with Gasteiger partial charge in [0.05, 0.1) is 11.9 Å². The van der Waals surface area contributed by atoms with Crippen molar-refractivity contribution in [2.24, 2.45) is 5.92 Å². The first-order valence-corrected chi connectivity index (χ1v) is 8.38. The van der Waals surface area contributed by atoms with Gasteiger partial charge in [-0.3, -0.25) is 0 Å². The third-order valence-corrected chi connectivity index (χ3v) is 5.58. The van der Waals surface area contributed by atoms with E-state index in [-0.39, 0.29) is 12.1 Å². The Kier molecular flexibility index (Phi) is 4.44. The molecule has 0 saturated heterocycles. The minimum absolute atomic E-state index is 0.0461. The van der Waals surface area contributed by atoms with Gasteiger partial charge in [0.15, 0.2) is 0 Å². The largest absolute Gasteiger partial charge is 0.393 e. The highest BCUT2D eigenvalue weighted by Crippen LogP contribution is 2.26. The quantitative estimate of drug-likeness (QED) is 0.804. The molecule has 0 heterocycles. The number of rotatable bonds is 4. The monoisotopic (exact) mass is 261 g/mol. The molecule has 17 heavy (non-hydrogen) atoms. The molecular weight excluding hydrogens is 238 g/mol. The highest BCUT2D eigenvalue weighted by molar-refractivity contribution is 7.89. The van der Waals surface area contributed by atoms with Crippen LogP contribution in [-0.4, -0.2) is 31.4 Å². The molecule has 2 N–H and O–H groups in total. The molecule has 0 aromatic heterocycles. The van der Waals surface area contributed by atoms with Crippen LogP contribution in [0.4, 0.5) is 0 Å². The van der Waals surface area contributed by atoms with Crippen LogP contribution in [0, 0.1) is 5.92 Å². The van der Waals surface area contributed by atoms with Crippen molar-refractivity contribution in [2.45, 2.75) is 63.5 Å². The van der Waals surface area contributed by atoms with Crippen LogP contribution in [0.25, 0.3) is 0 Å². The van der Waals surface area contributed by atoms with Crippen molar-refractivity contribution >= 4 is 10.0 Å². The van der Waals surface area contributed by atoms with Gasteiger partial charge < -0.3 is 5.11 Å². The second-order valence-corrected chi connectivity index (χ2v) is 7.35. The maximum absolute atomic E-state index is 12.0. The topological polar surface area (TPSA) is 66.4 Å². The Morgan fingerprint density at radius 2 is 1.59 bits per heavy atom. The first-order chi connectivity index (χ1) is 8.05. The lowest BCUT2D eigenvalue weighted by molar-refractivity contribution is 0.120. The van der Waals surface area contributed by atoms with E-state index < -0.39 is 10.0 Å². The summed E-state index contributed by atoms with van der Waals surface area (Å²) in [6, 6.07) is 0.0461. The van der Waals surface area contributed by atoms with Gasteiger partial charge in [-0.15, -0.1) is 0 Å². The molecule has 2 aliphatic carbocycles. The molecule has 0 unspecified atom stereocenters. The molecule has 0 bridgehead atoms. The number of aliphatic hydroxyl groups is 1. The van der Waals surface area contributed by atoms with Crippen molar-refractivity contribution in [2.75, 3.05) is 5.75 Å². The van der Waals surface area contributed by atoms with Crippen molar-refractivity contribution in [1.29, 1.82) is 0 Å². The van der Waals surface area contributed by atoms with E-state index in [1.807, 2.05) is 0 Å². The predicted octanol–water partition coefficient (Wildman–Crippen LogP) is 1.40. The molecule has 0 radical (unpaired) electrons. The van der Waals surface area contributed by atoms with Crippen LogP contribution in [0.5, 0.6) is 0 Å². The zero-order valence-electron chi connectivity index (χ0n) is 10.3. The molecular formula is C12H23NO3S. The van der Waals surface area contributed by atoms with Gasteiger partial charge in [0.25, 0.3) is 0 Å². The van der Waals surface area contributed by atoms with E-state index in [1.54, 1.807) is 0 Å². The molecule has 5 heteroatoms. The Balaban J connectivity index is 1.80. The summed E-state index contributed by atoms with van der Waals surface area (Å²) in [5, 5.41) is 9.38. The lowest BCUT2D eigenvalue weighted by Crippen LogP contribution is -2.40. The first kappa shape index (κ1) is 13.3. The molecule has 2 rings (SSSR count). The maximum atomic E-state index is 12.0. The Morgan fingerprint density at radius 3 is 2.18 bits per heavy atom. The standard InChI is InChI=1S/C12H23NO3S/c14-12-7-5-11(6-8-12)13-17(15,16)9-10-3-1-2-4-10/h10-14H,1-9H2. The maximum Gasteiger partial charge on any atom is 0.212 e. The van der Waals surface area contributed by atoms with Crippen molar-refractivity contribution in [1.82, 2.24) is 4.72 Å². The van der Waals surface area contributed by atoms with Gasteiger partial charge in [-0.1, -0.05) is 12.8 Å². The minimum Gasteiger partial charge on any atom is -0.393 e. The van der Waals surface area contributed by atoms with E-state index >= 15 is 0 Å². The van der Waals surface area contributed by atoms with E-state index in [0.29, 0.717) is 11.7 Å². The molecule has 4 nitrogen and oxygen atoms in total. The van der Waals surface area contributed by atoms with Crippen molar-refractivity contribution < 1.29 is 13.5 Å². The number of nitrogens with one attached hydrogen (secondary N) is 1. The lowest BCUT2D eigenvalue weighted by Gasteiger charge is -2.26. The fourth-order valence-corrected chi connectivity index (χ4v) is 4.78. The van der Waals surface area contributed by atoms with Crippen molar-refractivity contribution in [3.05, 3.63) is 0 Å². The minimum atomic E-state index is -3.11. The highest BCUT2D eigenvalue weighted by Gasteiger charge is 2.27. The smallest absolute Gasteiger partial charge is 0.212 e. The van der Waals surface area contributed by atoms with E-state index in [4.69, 9.17) is 0 Å². The third-order valence-electron chi connectivity index (χ3n) is 3.97. The molecule has 0 atom stereocenters. The molecule has 2 saturated carbocycles. The zero-order chi connectivity index (χ0) is 12.3. The Labute approximate surface area is 104 Å². The van der Waals surface area contributed by atoms with Crippen molar-refractivity contribution in [3.8, 4) is 0 Å². The van der Waals surface area contributed by atoms with Crippen LogP contribution in [0.15, 0.2) is 0 Å². The first-order valence-electron chi connectivity index (χ1n) is 6.73. The summed E-state index contributed by atoms with van der Waals surface area (Å²) in [7, 11) is -3.11. The molecule has 2 fully saturated rings. The summed E-state index contributed by atoms with van der Waals surface area (Å²) in [5.41, 5.74) is 0. The fraction of sp³-hybridized carbons (Fsp3) is 1.00. The molecule has 0 amide bonds. The molecule has 100 valence electrons. The van der Waals surface area contributed by atoms with Gasteiger partial charge in [0.2, 0.25) is 10.0 Å². The molecule has 2 aliphatic rings. The van der Waals surface area contributed by atoms with Gasteiger partial charge >= 0.3 is 0 Å². The van der Waals surface area contributed by atoms with Crippen LogP contribution in [0.1, 0.15) is 51.4 Å². The number of aliphatic hydroxyl groups excluding tert-OH is 1. The van der Waals surface area contributed by atoms with E-state index in [2.05, 4.69) is 4.72 Å². The second kappa shape index (κ2) is 5.67. The zero-order valence-corrected chi connectivity index (χ0v) is 11.1. The number of hydrogen-bond donors (Lipinski definition) is 2. The molecule has 0 spiro atoms. The van der Waals surface area contributed by atoms with E-state index in [1.165, 1.54) is 12.8 Å². The average Bonchev–Trinajstić information content (AvgIpc) is 2.73. The van der Waals surface area contributed by atoms with Crippen LogP contribution in [0.3, 0.4) is 0 Å². The predicted molar refractivity (Wildman–Crippen MR) is 67.1 cm³/mol. The summed E-state index contributed by atoms with van der Waals surface area (Å²) in [5.74, 6) is 0.660. The summed E-state index contributed by atoms with van der Waals surface area (Å²) < 4.78 is 26.7. The number of hydrogen-bond acceptors (Lipinski definition) is 3. The van der Waals surface area contributed by atoms with Crippen molar-refractivity contribution in [3.63, 3.8) is 0 Å². The van der Waals surface area contributed by atoms with Gasteiger partial charge in [-0.2, -0.15) is 0 Å². The van der Waals surface area contributed by atoms with Crippen LogP contribution in [-0.2, 0) is 10.0 Å². The highest BCUT2D eigenvalue weighted by atomic mass is 32.2. The molecule has 0 aromatic carbocycles. The Morgan fingerprint density at radius 1 is 1.00 bits per heavy atom. The molecule has 0 aromatic rings. The summed E-state index contributed by atoms with van der Waals surface area (Å²) >= 11 is 0. The van der Waals surface area contributed by atoms with Gasteiger partial charge in [0, 0.05) is 6.04 Å². The van der Waals surface area contributed by atoms with E-state index in [0.717, 1.165) is 38.5 Å². The second-order valence-electron chi connectivity index (χ2n) is 5.56. The van der Waals surface area contributed by atoms with Gasteiger partial charge in [0.1, 0.15) is 0 Å². The fourth-order valence-electron chi connectivity index (χ4n) is 2.98. The summed E-state index contributed by atoms with van der Waals surface area (Å²) in [6.45, 7) is 0. The lowest BCUT2D eigenvalue weighted by atomic mass is 9.94. The normalized spacial score (nSPS) is 31.8. The third kappa shape index (κ3) is 4.23. The van der Waals surface area contributed by atoms with Gasteiger partial charge in [-0.25, -0.2) is 13.1 Å². The average molecular weight is 261 g/mol.